The Hall–Kier alpha value is -2.17. The maximum absolute atomic E-state index is 12.9. The number of hydrogen-bond donors (Lipinski definition) is 0. The molecule has 2 aliphatic rings. The molecule has 3 heterocycles. The molecule has 0 aliphatic carbocycles. The van der Waals surface area contributed by atoms with Crippen molar-refractivity contribution >= 4 is 5.91 Å². The molecule has 0 bridgehead atoms. The molecule has 1 atom stereocenters. The van der Waals surface area contributed by atoms with Crippen LogP contribution in [0.25, 0.3) is 0 Å². The van der Waals surface area contributed by atoms with Crippen LogP contribution in [0.15, 0.2) is 24.3 Å². The Balaban J connectivity index is 1.53. The summed E-state index contributed by atoms with van der Waals surface area (Å²) in [5, 5.41) is 8.92. The minimum atomic E-state index is 0.0947. The van der Waals surface area contributed by atoms with Crippen LogP contribution in [0.5, 0.6) is 0 Å². The Bertz CT molecular complexity index is 750. The standard InChI is InChI=1S/C20H26N4O/c1-15-8-10-16(11-9-15)14-19(25)23-13-5-6-17(23)20-22-21-18-7-3-2-4-12-24(18)20/h8-11,17H,2-7,12-14H2,1H3. The zero-order valence-electron chi connectivity index (χ0n) is 14.9. The number of fused-ring (bicyclic) bond motifs is 1. The molecular formula is C20H26N4O. The van der Waals surface area contributed by atoms with Crippen LogP contribution in [0, 0.1) is 6.92 Å². The van der Waals surface area contributed by atoms with Crippen LogP contribution < -0.4 is 0 Å². The number of carbonyl (C=O) groups is 1. The van der Waals surface area contributed by atoms with Crippen molar-refractivity contribution in [2.45, 2.75) is 64.5 Å². The average Bonchev–Trinajstić information content (AvgIpc) is 3.18. The fraction of sp³-hybridized carbons (Fsp3) is 0.550. The molecular weight excluding hydrogens is 312 g/mol. The van der Waals surface area contributed by atoms with Crippen LogP contribution in [0.1, 0.15) is 60.9 Å². The van der Waals surface area contributed by atoms with Gasteiger partial charge in [0.05, 0.1) is 12.5 Å². The van der Waals surface area contributed by atoms with Crippen molar-refractivity contribution < 1.29 is 4.79 Å². The first-order valence-electron chi connectivity index (χ1n) is 9.49. The zero-order valence-corrected chi connectivity index (χ0v) is 14.9. The maximum atomic E-state index is 12.9. The number of aryl methyl sites for hydroxylation is 2. The van der Waals surface area contributed by atoms with Crippen molar-refractivity contribution in [3.63, 3.8) is 0 Å². The predicted octanol–water partition coefficient (Wildman–Crippen LogP) is 3.22. The summed E-state index contributed by atoms with van der Waals surface area (Å²) in [4.78, 5) is 14.9. The van der Waals surface area contributed by atoms with Crippen LogP contribution in [0.4, 0.5) is 0 Å². The predicted molar refractivity (Wildman–Crippen MR) is 96.1 cm³/mol. The Morgan fingerprint density at radius 1 is 1.08 bits per heavy atom. The first kappa shape index (κ1) is 16.3. The van der Waals surface area contributed by atoms with Crippen LogP contribution in [-0.2, 0) is 24.2 Å². The second-order valence-electron chi connectivity index (χ2n) is 7.34. The van der Waals surface area contributed by atoms with Gasteiger partial charge in [-0.2, -0.15) is 0 Å². The molecule has 1 aromatic carbocycles. The summed E-state index contributed by atoms with van der Waals surface area (Å²) in [5.74, 6) is 2.31. The van der Waals surface area contributed by atoms with Gasteiger partial charge < -0.3 is 9.47 Å². The van der Waals surface area contributed by atoms with Crippen molar-refractivity contribution in [2.75, 3.05) is 6.54 Å². The number of nitrogens with zero attached hydrogens (tertiary/aromatic N) is 4. The lowest BCUT2D eigenvalue weighted by Gasteiger charge is -2.25. The Morgan fingerprint density at radius 2 is 1.92 bits per heavy atom. The van der Waals surface area contributed by atoms with E-state index in [4.69, 9.17) is 0 Å². The van der Waals surface area contributed by atoms with Crippen LogP contribution in [0.2, 0.25) is 0 Å². The zero-order chi connectivity index (χ0) is 17.2. The van der Waals surface area contributed by atoms with Gasteiger partial charge in [0.1, 0.15) is 5.82 Å². The molecule has 0 N–H and O–H groups in total. The van der Waals surface area contributed by atoms with E-state index in [0.29, 0.717) is 6.42 Å². The van der Waals surface area contributed by atoms with Crippen molar-refractivity contribution in [3.05, 3.63) is 47.0 Å². The van der Waals surface area contributed by atoms with Crippen LogP contribution >= 0.6 is 0 Å². The number of benzene rings is 1. The minimum absolute atomic E-state index is 0.0947. The fourth-order valence-corrected chi connectivity index (χ4v) is 4.07. The summed E-state index contributed by atoms with van der Waals surface area (Å²) in [6, 6.07) is 8.35. The van der Waals surface area contributed by atoms with Crippen LogP contribution in [0.3, 0.4) is 0 Å². The summed E-state index contributed by atoms with van der Waals surface area (Å²) in [7, 11) is 0. The summed E-state index contributed by atoms with van der Waals surface area (Å²) in [6.07, 6.45) is 7.16. The van der Waals surface area contributed by atoms with E-state index in [1.165, 1.54) is 24.8 Å². The largest absolute Gasteiger partial charge is 0.332 e. The highest BCUT2D eigenvalue weighted by Gasteiger charge is 2.34. The van der Waals surface area contributed by atoms with Crippen molar-refractivity contribution in [1.82, 2.24) is 19.7 Å². The third-order valence-corrected chi connectivity index (χ3v) is 5.49. The molecule has 2 aromatic rings. The normalized spacial score (nSPS) is 20.4. The molecule has 4 rings (SSSR count). The molecule has 5 heteroatoms. The molecule has 0 saturated carbocycles. The molecule has 1 aromatic heterocycles. The fourth-order valence-electron chi connectivity index (χ4n) is 4.07. The van der Waals surface area contributed by atoms with Gasteiger partial charge in [0.2, 0.25) is 5.91 Å². The van der Waals surface area contributed by atoms with Gasteiger partial charge in [0.25, 0.3) is 0 Å². The lowest BCUT2D eigenvalue weighted by molar-refractivity contribution is -0.131. The number of hydrogen-bond acceptors (Lipinski definition) is 3. The molecule has 0 radical (unpaired) electrons. The highest BCUT2D eigenvalue weighted by Crippen LogP contribution is 2.32. The van der Waals surface area contributed by atoms with Crippen molar-refractivity contribution in [1.29, 1.82) is 0 Å². The van der Waals surface area contributed by atoms with E-state index in [-0.39, 0.29) is 11.9 Å². The molecule has 2 aliphatic heterocycles. The number of carbonyl (C=O) groups excluding carboxylic acids is 1. The van der Waals surface area contributed by atoms with Crippen molar-refractivity contribution in [3.8, 4) is 0 Å². The van der Waals surface area contributed by atoms with Gasteiger partial charge in [-0.05, 0) is 38.2 Å². The van der Waals surface area contributed by atoms with E-state index in [9.17, 15) is 4.79 Å². The minimum Gasteiger partial charge on any atom is -0.332 e. The third-order valence-electron chi connectivity index (χ3n) is 5.49. The van der Waals surface area contributed by atoms with E-state index >= 15 is 0 Å². The smallest absolute Gasteiger partial charge is 0.227 e. The highest BCUT2D eigenvalue weighted by atomic mass is 16.2. The summed E-state index contributed by atoms with van der Waals surface area (Å²) >= 11 is 0. The second kappa shape index (κ2) is 6.98. The van der Waals surface area contributed by atoms with Gasteiger partial charge in [-0.15, -0.1) is 10.2 Å². The molecule has 1 saturated heterocycles. The molecule has 132 valence electrons. The van der Waals surface area contributed by atoms with Crippen molar-refractivity contribution in [2.24, 2.45) is 0 Å². The van der Waals surface area contributed by atoms with Gasteiger partial charge >= 0.3 is 0 Å². The van der Waals surface area contributed by atoms with E-state index in [2.05, 4.69) is 46.0 Å². The molecule has 1 amide bonds. The van der Waals surface area contributed by atoms with E-state index < -0.39 is 0 Å². The van der Waals surface area contributed by atoms with E-state index in [0.717, 1.165) is 49.6 Å². The summed E-state index contributed by atoms with van der Waals surface area (Å²) in [5.41, 5.74) is 2.31. The number of aromatic nitrogens is 3. The SMILES string of the molecule is Cc1ccc(CC(=O)N2CCCC2c2nnc3n2CCCCC3)cc1. The number of rotatable bonds is 3. The summed E-state index contributed by atoms with van der Waals surface area (Å²) < 4.78 is 2.29. The molecule has 1 unspecified atom stereocenters. The first-order valence-corrected chi connectivity index (χ1v) is 9.49. The lowest BCUT2D eigenvalue weighted by Crippen LogP contribution is -2.33. The van der Waals surface area contributed by atoms with Gasteiger partial charge in [-0.3, -0.25) is 4.79 Å². The molecule has 0 spiro atoms. The van der Waals surface area contributed by atoms with Gasteiger partial charge in [-0.1, -0.05) is 36.2 Å². The summed E-state index contributed by atoms with van der Waals surface area (Å²) in [6.45, 7) is 3.89. The lowest BCUT2D eigenvalue weighted by atomic mass is 10.1. The molecule has 1 fully saturated rings. The molecule has 5 nitrogen and oxygen atoms in total. The molecule has 25 heavy (non-hydrogen) atoms. The van der Waals surface area contributed by atoms with Gasteiger partial charge in [0, 0.05) is 19.5 Å². The monoisotopic (exact) mass is 338 g/mol. The quantitative estimate of drug-likeness (QED) is 0.863. The topological polar surface area (TPSA) is 51.0 Å². The van der Waals surface area contributed by atoms with Gasteiger partial charge in [-0.25, -0.2) is 0 Å². The maximum Gasteiger partial charge on any atom is 0.227 e. The first-order chi connectivity index (χ1) is 12.2. The average molecular weight is 338 g/mol. The Labute approximate surface area is 149 Å². The highest BCUT2D eigenvalue weighted by molar-refractivity contribution is 5.79. The Morgan fingerprint density at radius 3 is 2.76 bits per heavy atom. The van der Waals surface area contributed by atoms with E-state index in [1.54, 1.807) is 0 Å². The number of amides is 1. The Kier molecular flexibility index (Phi) is 4.55. The van der Waals surface area contributed by atoms with Crippen LogP contribution in [-0.4, -0.2) is 32.1 Å². The second-order valence-corrected chi connectivity index (χ2v) is 7.34. The third kappa shape index (κ3) is 3.32. The van der Waals surface area contributed by atoms with Gasteiger partial charge in [0.15, 0.2) is 5.82 Å². The van der Waals surface area contributed by atoms with E-state index in [1.807, 2.05) is 4.90 Å². The number of likely N-dealkylation sites (tertiary alicyclic amines) is 1.